The molecular weight excluding hydrogens is 334 g/mol. The Morgan fingerprint density at radius 1 is 1.04 bits per heavy atom. The molecule has 1 atom stereocenters. The molecule has 0 aromatic heterocycles. The van der Waals surface area contributed by atoms with Crippen LogP contribution in [0.4, 0.5) is 0 Å². The molecule has 27 heavy (non-hydrogen) atoms. The fraction of sp³-hybridized carbons (Fsp3) is 0.522. The molecule has 0 aliphatic heterocycles. The van der Waals surface area contributed by atoms with Gasteiger partial charge in [0.25, 0.3) is 0 Å². The predicted molar refractivity (Wildman–Crippen MR) is 115 cm³/mol. The quantitative estimate of drug-likeness (QED) is 0.696. The summed E-state index contributed by atoms with van der Waals surface area (Å²) in [6, 6.07) is 15.0. The van der Waals surface area contributed by atoms with Crippen molar-refractivity contribution in [2.24, 2.45) is 0 Å². The van der Waals surface area contributed by atoms with E-state index in [0.717, 1.165) is 26.1 Å². The second-order valence-electron chi connectivity index (χ2n) is 7.88. The van der Waals surface area contributed by atoms with Crippen LogP contribution in [0.1, 0.15) is 32.8 Å². The minimum atomic E-state index is -0.121. The number of nitrogens with zero attached hydrogens (tertiary/aromatic N) is 2. The van der Waals surface area contributed by atoms with Gasteiger partial charge in [0.2, 0.25) is 5.91 Å². The molecule has 148 valence electrons. The Balaban J connectivity index is 2.25. The number of nitrogens with one attached hydrogen (secondary N) is 1. The lowest BCUT2D eigenvalue weighted by Gasteiger charge is -2.33. The molecule has 0 aliphatic carbocycles. The molecule has 0 saturated heterocycles. The lowest BCUT2D eigenvalue weighted by Crippen LogP contribution is -2.44. The van der Waals surface area contributed by atoms with Crippen molar-refractivity contribution in [3.05, 3.63) is 48.0 Å². The lowest BCUT2D eigenvalue weighted by molar-refractivity contribution is -0.122. The van der Waals surface area contributed by atoms with E-state index >= 15 is 0 Å². The fourth-order valence-corrected chi connectivity index (χ4v) is 3.54. The van der Waals surface area contributed by atoms with Crippen LogP contribution >= 0.6 is 0 Å². The van der Waals surface area contributed by atoms with E-state index in [4.69, 9.17) is 0 Å². The number of carbonyl (C=O) groups excluding carboxylic acids is 1. The molecule has 0 heterocycles. The summed E-state index contributed by atoms with van der Waals surface area (Å²) >= 11 is 0. The summed E-state index contributed by atoms with van der Waals surface area (Å²) in [5.41, 5.74) is 1.19. The van der Waals surface area contributed by atoms with Gasteiger partial charge in [-0.2, -0.15) is 0 Å². The zero-order valence-electron chi connectivity index (χ0n) is 17.6. The van der Waals surface area contributed by atoms with Gasteiger partial charge in [-0.3, -0.25) is 9.69 Å². The Bertz CT molecular complexity index is 734. The van der Waals surface area contributed by atoms with Gasteiger partial charge < -0.3 is 10.2 Å². The van der Waals surface area contributed by atoms with Crippen LogP contribution < -0.4 is 5.32 Å². The molecule has 0 spiro atoms. The van der Waals surface area contributed by atoms with E-state index in [1.807, 2.05) is 0 Å². The van der Waals surface area contributed by atoms with Crippen molar-refractivity contribution in [3.8, 4) is 0 Å². The summed E-state index contributed by atoms with van der Waals surface area (Å²) in [7, 11) is 4.20. The van der Waals surface area contributed by atoms with Crippen LogP contribution in [0.2, 0.25) is 0 Å². The molecule has 1 unspecified atom stereocenters. The molecule has 2 rings (SSSR count). The summed E-state index contributed by atoms with van der Waals surface area (Å²) in [4.78, 5) is 16.8. The number of hydrogen-bond acceptors (Lipinski definition) is 3. The van der Waals surface area contributed by atoms with Crippen molar-refractivity contribution >= 4 is 16.7 Å². The number of likely N-dealkylation sites (N-methyl/N-ethyl adjacent to an activating group) is 1. The molecule has 4 nitrogen and oxygen atoms in total. The van der Waals surface area contributed by atoms with Gasteiger partial charge in [0, 0.05) is 12.0 Å². The van der Waals surface area contributed by atoms with E-state index in [1.54, 1.807) is 0 Å². The maximum atomic E-state index is 12.5. The molecule has 0 saturated carbocycles. The highest BCUT2D eigenvalue weighted by molar-refractivity contribution is 5.87. The molecular formula is C23H35N3O. The Labute approximate surface area is 164 Å². The molecule has 0 radical (unpaired) electrons. The van der Waals surface area contributed by atoms with Crippen molar-refractivity contribution in [3.63, 3.8) is 0 Å². The summed E-state index contributed by atoms with van der Waals surface area (Å²) < 4.78 is 0. The minimum Gasteiger partial charge on any atom is -0.354 e. The molecule has 4 heteroatoms. The van der Waals surface area contributed by atoms with Gasteiger partial charge in [-0.15, -0.1) is 0 Å². The molecule has 0 fully saturated rings. The molecule has 1 N–H and O–H groups in total. The normalized spacial score (nSPS) is 13.9. The molecule has 2 aromatic rings. The number of rotatable bonds is 10. The van der Waals surface area contributed by atoms with Crippen LogP contribution in [0.5, 0.6) is 0 Å². The number of benzene rings is 2. The van der Waals surface area contributed by atoms with Crippen molar-refractivity contribution in [2.45, 2.75) is 32.6 Å². The van der Waals surface area contributed by atoms with Crippen LogP contribution in [-0.2, 0) is 10.2 Å². The van der Waals surface area contributed by atoms with Gasteiger partial charge in [-0.25, -0.2) is 0 Å². The van der Waals surface area contributed by atoms with Crippen LogP contribution in [0.25, 0.3) is 10.8 Å². The van der Waals surface area contributed by atoms with Crippen molar-refractivity contribution in [1.82, 2.24) is 15.1 Å². The van der Waals surface area contributed by atoms with E-state index in [0.29, 0.717) is 13.1 Å². The smallest absolute Gasteiger partial charge is 0.234 e. The average Bonchev–Trinajstić information content (AvgIpc) is 2.68. The highest BCUT2D eigenvalue weighted by Gasteiger charge is 2.29. The summed E-state index contributed by atoms with van der Waals surface area (Å²) in [6.07, 6.45) is 0.986. The Morgan fingerprint density at radius 3 is 2.37 bits per heavy atom. The third kappa shape index (κ3) is 5.78. The zero-order chi connectivity index (χ0) is 19.9. The van der Waals surface area contributed by atoms with Gasteiger partial charge in [0.05, 0.1) is 6.54 Å². The van der Waals surface area contributed by atoms with Gasteiger partial charge >= 0.3 is 0 Å². The first-order valence-corrected chi connectivity index (χ1v) is 10.0. The first-order valence-electron chi connectivity index (χ1n) is 10.0. The number of amides is 1. The first-order chi connectivity index (χ1) is 12.9. The maximum Gasteiger partial charge on any atom is 0.234 e. The van der Waals surface area contributed by atoms with Gasteiger partial charge in [0.15, 0.2) is 0 Å². The van der Waals surface area contributed by atoms with Crippen molar-refractivity contribution in [2.75, 3.05) is 46.8 Å². The number of fused-ring (bicyclic) bond motifs is 1. The van der Waals surface area contributed by atoms with Crippen LogP contribution in [0, 0.1) is 0 Å². The van der Waals surface area contributed by atoms with Crippen LogP contribution in [0.15, 0.2) is 42.5 Å². The Morgan fingerprint density at radius 2 is 1.70 bits per heavy atom. The van der Waals surface area contributed by atoms with E-state index in [2.05, 4.69) is 92.4 Å². The largest absolute Gasteiger partial charge is 0.354 e. The third-order valence-electron chi connectivity index (χ3n) is 5.49. The fourth-order valence-electron chi connectivity index (χ4n) is 3.54. The molecule has 0 aliphatic rings. The van der Waals surface area contributed by atoms with Crippen molar-refractivity contribution < 1.29 is 4.79 Å². The van der Waals surface area contributed by atoms with Crippen molar-refractivity contribution in [1.29, 1.82) is 0 Å². The zero-order valence-corrected chi connectivity index (χ0v) is 17.6. The number of carbonyl (C=O) groups is 1. The predicted octanol–water partition coefficient (Wildman–Crippen LogP) is 3.51. The minimum absolute atomic E-state index is 0.106. The maximum absolute atomic E-state index is 12.5. The topological polar surface area (TPSA) is 35.6 Å². The van der Waals surface area contributed by atoms with Gasteiger partial charge in [-0.1, -0.05) is 63.2 Å². The monoisotopic (exact) mass is 369 g/mol. The Kier molecular flexibility index (Phi) is 7.81. The lowest BCUT2D eigenvalue weighted by atomic mass is 9.77. The molecule has 0 bridgehead atoms. The number of hydrogen-bond donors (Lipinski definition) is 1. The van der Waals surface area contributed by atoms with Gasteiger partial charge in [-0.05, 0) is 56.5 Å². The van der Waals surface area contributed by atoms with E-state index in [1.165, 1.54) is 16.3 Å². The van der Waals surface area contributed by atoms with Crippen LogP contribution in [-0.4, -0.2) is 62.5 Å². The van der Waals surface area contributed by atoms with E-state index in [9.17, 15) is 4.79 Å². The highest BCUT2D eigenvalue weighted by Crippen LogP contribution is 2.33. The molecule has 2 aromatic carbocycles. The van der Waals surface area contributed by atoms with Gasteiger partial charge in [0.1, 0.15) is 0 Å². The second-order valence-corrected chi connectivity index (χ2v) is 7.88. The SMILES string of the molecule is CCN(CC)CC(=O)NCC(C)(CCN(C)C)c1cccc2ccccc12. The second kappa shape index (κ2) is 9.86. The standard InChI is InChI=1S/C23H35N3O/c1-6-26(7-2)17-22(27)24-18-23(3,15-16-25(4)5)21-14-10-12-19-11-8-9-13-20(19)21/h8-14H,6-7,15-18H2,1-5H3,(H,24,27). The summed E-state index contributed by atoms with van der Waals surface area (Å²) in [5.74, 6) is 0.106. The first kappa shape index (κ1) is 21.4. The molecule has 1 amide bonds. The summed E-state index contributed by atoms with van der Waals surface area (Å²) in [6.45, 7) is 10.3. The Hall–Kier alpha value is -1.91. The average molecular weight is 370 g/mol. The summed E-state index contributed by atoms with van der Waals surface area (Å²) in [5, 5.41) is 5.74. The third-order valence-corrected chi connectivity index (χ3v) is 5.49. The van der Waals surface area contributed by atoms with E-state index in [-0.39, 0.29) is 11.3 Å². The highest BCUT2D eigenvalue weighted by atomic mass is 16.2. The van der Waals surface area contributed by atoms with Crippen LogP contribution in [0.3, 0.4) is 0 Å². The van der Waals surface area contributed by atoms with E-state index < -0.39 is 0 Å².